The Bertz CT molecular complexity index is 469. The Labute approximate surface area is 97.4 Å². The van der Waals surface area contributed by atoms with Crippen LogP contribution in [0, 0.1) is 11.2 Å². The Balaban J connectivity index is 1.99. The minimum Gasteiger partial charge on any atom is -0.481 e. The van der Waals surface area contributed by atoms with Crippen LogP contribution in [-0.2, 0) is 4.79 Å². The molecule has 2 N–H and O–H groups in total. The number of nitrogens with one attached hydrogen (secondary N) is 1. The van der Waals surface area contributed by atoms with Crippen molar-refractivity contribution in [3.05, 3.63) is 35.6 Å². The van der Waals surface area contributed by atoms with Gasteiger partial charge >= 0.3 is 5.97 Å². The summed E-state index contributed by atoms with van der Waals surface area (Å²) in [6.07, 6.45) is 1.11. The Morgan fingerprint density at radius 3 is 2.53 bits per heavy atom. The predicted octanol–water partition coefficient (Wildman–Crippen LogP) is 1.42. The van der Waals surface area contributed by atoms with Crippen molar-refractivity contribution < 1.29 is 19.1 Å². The molecule has 1 aromatic carbocycles. The molecule has 1 aliphatic carbocycles. The molecule has 2 rings (SSSR count). The summed E-state index contributed by atoms with van der Waals surface area (Å²) >= 11 is 0. The molecule has 17 heavy (non-hydrogen) atoms. The second kappa shape index (κ2) is 4.16. The van der Waals surface area contributed by atoms with E-state index in [1.54, 1.807) is 6.07 Å². The van der Waals surface area contributed by atoms with Crippen LogP contribution in [0.3, 0.4) is 0 Å². The van der Waals surface area contributed by atoms with E-state index >= 15 is 0 Å². The molecule has 90 valence electrons. The van der Waals surface area contributed by atoms with Gasteiger partial charge in [-0.25, -0.2) is 4.39 Å². The van der Waals surface area contributed by atoms with Gasteiger partial charge in [-0.1, -0.05) is 12.1 Å². The van der Waals surface area contributed by atoms with Crippen molar-refractivity contribution >= 4 is 11.9 Å². The number of carbonyl (C=O) groups is 2. The second-order valence-electron chi connectivity index (χ2n) is 4.25. The van der Waals surface area contributed by atoms with Gasteiger partial charge < -0.3 is 10.4 Å². The third-order valence-electron chi connectivity index (χ3n) is 3.01. The Kier molecular flexibility index (Phi) is 2.83. The van der Waals surface area contributed by atoms with E-state index in [1.807, 2.05) is 0 Å². The number of carboxylic acid groups (broad SMARTS) is 1. The molecule has 0 bridgehead atoms. The van der Waals surface area contributed by atoms with Gasteiger partial charge in [0.25, 0.3) is 5.91 Å². The molecule has 1 saturated carbocycles. The van der Waals surface area contributed by atoms with Gasteiger partial charge in [0, 0.05) is 6.54 Å². The molecule has 0 spiro atoms. The minimum absolute atomic E-state index is 0.0511. The number of benzene rings is 1. The molecule has 0 heterocycles. The third kappa shape index (κ3) is 2.27. The van der Waals surface area contributed by atoms with Crippen molar-refractivity contribution in [3.63, 3.8) is 0 Å². The van der Waals surface area contributed by atoms with Crippen molar-refractivity contribution in [2.24, 2.45) is 5.41 Å². The standard InChI is InChI=1S/C12H12FNO3/c13-9-4-2-1-3-8(9)10(15)14-7-12(5-6-12)11(16)17/h1-4H,5-7H2,(H,14,15)(H,16,17). The molecule has 1 fully saturated rings. The zero-order valence-corrected chi connectivity index (χ0v) is 9.07. The fourth-order valence-electron chi connectivity index (χ4n) is 1.61. The fourth-order valence-corrected chi connectivity index (χ4v) is 1.61. The predicted molar refractivity (Wildman–Crippen MR) is 58.0 cm³/mol. The van der Waals surface area contributed by atoms with Crippen molar-refractivity contribution in [1.29, 1.82) is 0 Å². The van der Waals surface area contributed by atoms with Crippen LogP contribution in [0.5, 0.6) is 0 Å². The summed E-state index contributed by atoms with van der Waals surface area (Å²) in [5.41, 5.74) is -0.894. The topological polar surface area (TPSA) is 66.4 Å². The van der Waals surface area contributed by atoms with Gasteiger partial charge in [0.1, 0.15) is 5.82 Å². The number of hydrogen-bond donors (Lipinski definition) is 2. The number of hydrogen-bond acceptors (Lipinski definition) is 2. The summed E-state index contributed by atoms with van der Waals surface area (Å²) in [4.78, 5) is 22.5. The first-order valence-electron chi connectivity index (χ1n) is 5.31. The molecule has 0 unspecified atom stereocenters. The first kappa shape index (κ1) is 11.6. The van der Waals surface area contributed by atoms with Crippen LogP contribution >= 0.6 is 0 Å². The van der Waals surface area contributed by atoms with E-state index in [-0.39, 0.29) is 12.1 Å². The highest BCUT2D eigenvalue weighted by atomic mass is 19.1. The quantitative estimate of drug-likeness (QED) is 0.832. The van der Waals surface area contributed by atoms with Crippen molar-refractivity contribution in [2.45, 2.75) is 12.8 Å². The lowest BCUT2D eigenvalue weighted by Gasteiger charge is -2.11. The van der Waals surface area contributed by atoms with E-state index in [4.69, 9.17) is 5.11 Å². The van der Waals surface area contributed by atoms with Crippen LogP contribution in [0.2, 0.25) is 0 Å². The molecular weight excluding hydrogens is 225 g/mol. The summed E-state index contributed by atoms with van der Waals surface area (Å²) in [6.45, 7) is 0.0511. The highest BCUT2D eigenvalue weighted by molar-refractivity contribution is 5.94. The lowest BCUT2D eigenvalue weighted by Crippen LogP contribution is -2.34. The maximum Gasteiger partial charge on any atom is 0.311 e. The molecule has 4 nitrogen and oxygen atoms in total. The number of carboxylic acids is 1. The van der Waals surface area contributed by atoms with Crippen LogP contribution in [0.25, 0.3) is 0 Å². The van der Waals surface area contributed by atoms with Gasteiger partial charge in [0.15, 0.2) is 0 Å². The van der Waals surface area contributed by atoms with Crippen LogP contribution in [-0.4, -0.2) is 23.5 Å². The Hall–Kier alpha value is -1.91. The average Bonchev–Trinajstić information content (AvgIpc) is 3.07. The smallest absolute Gasteiger partial charge is 0.311 e. The van der Waals surface area contributed by atoms with Gasteiger partial charge in [0.05, 0.1) is 11.0 Å². The fraction of sp³-hybridized carbons (Fsp3) is 0.333. The van der Waals surface area contributed by atoms with Gasteiger partial charge in [-0.3, -0.25) is 9.59 Å². The highest BCUT2D eigenvalue weighted by Gasteiger charge is 2.50. The molecule has 0 radical (unpaired) electrons. The number of carbonyl (C=O) groups excluding carboxylic acids is 1. The van der Waals surface area contributed by atoms with Gasteiger partial charge in [0.2, 0.25) is 0 Å². The van der Waals surface area contributed by atoms with Gasteiger partial charge in [-0.15, -0.1) is 0 Å². The summed E-state index contributed by atoms with van der Waals surface area (Å²) < 4.78 is 13.3. The van der Waals surface area contributed by atoms with Crippen LogP contribution < -0.4 is 5.32 Å². The molecule has 1 aliphatic rings. The summed E-state index contributed by atoms with van der Waals surface area (Å²) in [5.74, 6) is -2.09. The zero-order valence-electron chi connectivity index (χ0n) is 9.07. The maximum absolute atomic E-state index is 13.3. The third-order valence-corrected chi connectivity index (χ3v) is 3.01. The van der Waals surface area contributed by atoms with E-state index in [0.29, 0.717) is 12.8 Å². The normalized spacial score (nSPS) is 16.3. The van der Waals surface area contributed by atoms with E-state index < -0.39 is 23.1 Å². The van der Waals surface area contributed by atoms with Gasteiger partial charge in [-0.05, 0) is 25.0 Å². The largest absolute Gasteiger partial charge is 0.481 e. The molecular formula is C12H12FNO3. The number of aliphatic carboxylic acids is 1. The zero-order chi connectivity index (χ0) is 12.5. The van der Waals surface area contributed by atoms with Crippen LogP contribution in [0.1, 0.15) is 23.2 Å². The lowest BCUT2D eigenvalue weighted by molar-refractivity contribution is -0.143. The Morgan fingerprint density at radius 2 is 2.00 bits per heavy atom. The molecule has 1 aromatic rings. The molecule has 0 saturated heterocycles. The molecule has 0 aromatic heterocycles. The Morgan fingerprint density at radius 1 is 1.35 bits per heavy atom. The van der Waals surface area contributed by atoms with Crippen molar-refractivity contribution in [3.8, 4) is 0 Å². The minimum atomic E-state index is -0.911. The summed E-state index contributed by atoms with van der Waals surface area (Å²) in [6, 6.07) is 5.61. The summed E-state index contributed by atoms with van der Waals surface area (Å²) in [5, 5.41) is 11.4. The monoisotopic (exact) mass is 237 g/mol. The first-order valence-corrected chi connectivity index (χ1v) is 5.31. The second-order valence-corrected chi connectivity index (χ2v) is 4.25. The van der Waals surface area contributed by atoms with E-state index in [9.17, 15) is 14.0 Å². The average molecular weight is 237 g/mol. The number of rotatable bonds is 4. The SMILES string of the molecule is O=C(NCC1(C(=O)O)CC1)c1ccccc1F. The van der Waals surface area contributed by atoms with Crippen molar-refractivity contribution in [2.75, 3.05) is 6.54 Å². The summed E-state index contributed by atoms with van der Waals surface area (Å²) in [7, 11) is 0. The van der Waals surface area contributed by atoms with E-state index in [0.717, 1.165) is 0 Å². The van der Waals surface area contributed by atoms with Crippen LogP contribution in [0.15, 0.2) is 24.3 Å². The van der Waals surface area contributed by atoms with Gasteiger partial charge in [-0.2, -0.15) is 0 Å². The molecule has 5 heteroatoms. The highest BCUT2D eigenvalue weighted by Crippen LogP contribution is 2.45. The number of amides is 1. The maximum atomic E-state index is 13.3. The van der Waals surface area contributed by atoms with Crippen molar-refractivity contribution in [1.82, 2.24) is 5.32 Å². The molecule has 0 aliphatic heterocycles. The number of halogens is 1. The van der Waals surface area contributed by atoms with E-state index in [1.165, 1.54) is 18.2 Å². The molecule has 0 atom stereocenters. The first-order chi connectivity index (χ1) is 8.05. The van der Waals surface area contributed by atoms with Crippen LogP contribution in [0.4, 0.5) is 4.39 Å². The lowest BCUT2D eigenvalue weighted by atomic mass is 10.1. The van der Waals surface area contributed by atoms with E-state index in [2.05, 4.69) is 5.32 Å². The molecule has 1 amide bonds.